The molecule has 27 heavy (non-hydrogen) atoms. The van der Waals surface area contributed by atoms with Crippen LogP contribution in [0.25, 0.3) is 10.2 Å². The lowest BCUT2D eigenvalue weighted by Crippen LogP contribution is -2.43. The van der Waals surface area contributed by atoms with Gasteiger partial charge < -0.3 is 9.47 Å². The van der Waals surface area contributed by atoms with E-state index in [-0.39, 0.29) is 17.6 Å². The number of aryl methyl sites for hydroxylation is 2. The molecule has 0 N–H and O–H groups in total. The molecule has 5 nitrogen and oxygen atoms in total. The van der Waals surface area contributed by atoms with E-state index in [0.717, 1.165) is 23.3 Å². The minimum Gasteiger partial charge on any atom is -0.341 e. The minimum absolute atomic E-state index is 0.133. The van der Waals surface area contributed by atoms with E-state index < -0.39 is 0 Å². The van der Waals surface area contributed by atoms with Crippen molar-refractivity contribution in [3.05, 3.63) is 28.6 Å². The molecule has 1 aromatic carbocycles. The molecular formula is C20H27N3O2S2. The molecule has 0 spiro atoms. The molecule has 7 heteroatoms. The monoisotopic (exact) mass is 405 g/mol. The molecule has 2 atom stereocenters. The second-order valence-electron chi connectivity index (χ2n) is 7.66. The van der Waals surface area contributed by atoms with Gasteiger partial charge in [-0.15, -0.1) is 11.8 Å². The number of fused-ring (bicyclic) bond motifs is 1. The maximum absolute atomic E-state index is 12.4. The predicted molar refractivity (Wildman–Crippen MR) is 113 cm³/mol. The number of likely N-dealkylation sites (tertiary alicyclic amines) is 1. The zero-order valence-corrected chi connectivity index (χ0v) is 18.0. The molecule has 1 aliphatic heterocycles. The van der Waals surface area contributed by atoms with E-state index in [9.17, 15) is 9.59 Å². The predicted octanol–water partition coefficient (Wildman–Crippen LogP) is 3.21. The first-order valence-corrected chi connectivity index (χ1v) is 11.3. The summed E-state index contributed by atoms with van der Waals surface area (Å²) in [5, 5.41) is 0. The Labute approximate surface area is 168 Å². The number of piperidine rings is 1. The third-order valence-corrected chi connectivity index (χ3v) is 6.85. The van der Waals surface area contributed by atoms with Crippen molar-refractivity contribution >= 4 is 45.1 Å². The smallest absolute Gasteiger partial charge is 0.258 e. The van der Waals surface area contributed by atoms with E-state index >= 15 is 0 Å². The molecule has 0 bridgehead atoms. The first kappa shape index (κ1) is 20.1. The van der Waals surface area contributed by atoms with Gasteiger partial charge in [0.05, 0.1) is 21.7 Å². The van der Waals surface area contributed by atoms with Crippen molar-refractivity contribution in [3.8, 4) is 0 Å². The largest absolute Gasteiger partial charge is 0.341 e. The van der Waals surface area contributed by atoms with Gasteiger partial charge in [-0.2, -0.15) is 4.99 Å². The molecule has 0 aliphatic carbocycles. The zero-order valence-electron chi connectivity index (χ0n) is 16.4. The molecule has 0 saturated carbocycles. The van der Waals surface area contributed by atoms with Crippen LogP contribution >= 0.6 is 23.1 Å². The minimum atomic E-state index is -0.188. The number of aromatic nitrogens is 1. The van der Waals surface area contributed by atoms with Crippen LogP contribution < -0.4 is 4.80 Å². The molecule has 0 unspecified atom stereocenters. The van der Waals surface area contributed by atoms with Gasteiger partial charge in [-0.3, -0.25) is 9.59 Å². The summed E-state index contributed by atoms with van der Waals surface area (Å²) in [6.45, 7) is 8.10. The van der Waals surface area contributed by atoms with Gasteiger partial charge in [0, 0.05) is 20.1 Å². The topological polar surface area (TPSA) is 54.7 Å². The van der Waals surface area contributed by atoms with Gasteiger partial charge in [0.15, 0.2) is 4.80 Å². The fraction of sp³-hybridized carbons (Fsp3) is 0.550. The first-order valence-electron chi connectivity index (χ1n) is 9.32. The Bertz CT molecular complexity index is 906. The lowest BCUT2D eigenvalue weighted by Gasteiger charge is -2.35. The quantitative estimate of drug-likeness (QED) is 0.785. The Hall–Kier alpha value is -1.60. The highest BCUT2D eigenvalue weighted by atomic mass is 32.2. The third-order valence-electron chi connectivity index (χ3n) is 4.86. The number of thiazole rings is 1. The van der Waals surface area contributed by atoms with Crippen molar-refractivity contribution in [2.24, 2.45) is 23.9 Å². The normalized spacial score (nSPS) is 21.0. The maximum atomic E-state index is 12.4. The summed E-state index contributed by atoms with van der Waals surface area (Å²) in [6, 6.07) is 6.22. The Balaban J connectivity index is 1.57. The average molecular weight is 406 g/mol. The highest BCUT2D eigenvalue weighted by Crippen LogP contribution is 2.22. The number of hydrogen-bond donors (Lipinski definition) is 0. The van der Waals surface area contributed by atoms with Crippen molar-refractivity contribution in [1.82, 2.24) is 9.47 Å². The van der Waals surface area contributed by atoms with Crippen molar-refractivity contribution in [3.63, 3.8) is 0 Å². The van der Waals surface area contributed by atoms with Crippen LogP contribution in [0.4, 0.5) is 0 Å². The van der Waals surface area contributed by atoms with Crippen LogP contribution in [0.1, 0.15) is 25.8 Å². The van der Waals surface area contributed by atoms with Crippen LogP contribution in [0.15, 0.2) is 23.2 Å². The Kier molecular flexibility index (Phi) is 6.42. The van der Waals surface area contributed by atoms with Gasteiger partial charge in [0.2, 0.25) is 5.91 Å². The van der Waals surface area contributed by atoms with E-state index in [1.54, 1.807) is 0 Å². The van der Waals surface area contributed by atoms with Gasteiger partial charge in [0.1, 0.15) is 0 Å². The molecule has 146 valence electrons. The zero-order chi connectivity index (χ0) is 19.6. The molecule has 1 saturated heterocycles. The Morgan fingerprint density at radius 2 is 1.93 bits per heavy atom. The summed E-state index contributed by atoms with van der Waals surface area (Å²) in [4.78, 5) is 31.5. The molecule has 2 aromatic rings. The average Bonchev–Trinajstić information content (AvgIpc) is 2.88. The summed E-state index contributed by atoms with van der Waals surface area (Å²) >= 11 is 2.88. The van der Waals surface area contributed by atoms with Crippen LogP contribution in [0, 0.1) is 18.8 Å². The SMILES string of the molecule is Cc1ccc2c(c1)sc(=NC(=O)CSCC(=O)N1C[C@@H](C)C[C@H](C)C1)n2C. The van der Waals surface area contributed by atoms with Gasteiger partial charge in [-0.05, 0) is 42.9 Å². The summed E-state index contributed by atoms with van der Waals surface area (Å²) in [6.07, 6.45) is 1.18. The highest BCUT2D eigenvalue weighted by Gasteiger charge is 2.25. The lowest BCUT2D eigenvalue weighted by molar-refractivity contribution is -0.130. The van der Waals surface area contributed by atoms with Gasteiger partial charge >= 0.3 is 0 Å². The molecule has 0 radical (unpaired) electrons. The molecule has 3 rings (SSSR count). The highest BCUT2D eigenvalue weighted by molar-refractivity contribution is 8.00. The molecule has 2 heterocycles. The molecule has 2 amide bonds. The van der Waals surface area contributed by atoms with Gasteiger partial charge in [-0.25, -0.2) is 0 Å². The maximum Gasteiger partial charge on any atom is 0.258 e. The molecular weight excluding hydrogens is 378 g/mol. The summed E-state index contributed by atoms with van der Waals surface area (Å²) in [5.74, 6) is 1.63. The van der Waals surface area contributed by atoms with Crippen molar-refractivity contribution < 1.29 is 9.59 Å². The van der Waals surface area contributed by atoms with Crippen LogP contribution in [0.2, 0.25) is 0 Å². The number of nitrogens with zero attached hydrogens (tertiary/aromatic N) is 3. The Morgan fingerprint density at radius 3 is 2.63 bits per heavy atom. The number of amides is 2. The molecule has 1 aromatic heterocycles. The van der Waals surface area contributed by atoms with Crippen molar-refractivity contribution in [1.29, 1.82) is 0 Å². The third kappa shape index (κ3) is 5.02. The van der Waals surface area contributed by atoms with Crippen molar-refractivity contribution in [2.75, 3.05) is 24.6 Å². The number of rotatable bonds is 4. The van der Waals surface area contributed by atoms with Crippen molar-refractivity contribution in [2.45, 2.75) is 27.2 Å². The fourth-order valence-electron chi connectivity index (χ4n) is 3.67. The van der Waals surface area contributed by atoms with E-state index in [0.29, 0.717) is 22.4 Å². The fourth-order valence-corrected chi connectivity index (χ4v) is 5.50. The van der Waals surface area contributed by atoms with E-state index in [2.05, 4.69) is 44.0 Å². The summed E-state index contributed by atoms with van der Waals surface area (Å²) < 4.78 is 3.07. The second-order valence-corrected chi connectivity index (χ2v) is 9.65. The molecule has 1 fully saturated rings. The standard InChI is InChI=1S/C20H27N3O2S2/c1-13-5-6-16-17(8-13)27-20(22(16)4)21-18(24)11-26-12-19(25)23-9-14(2)7-15(3)10-23/h5-6,8,14-15H,7,9-12H2,1-4H3/t14-,15-/m0/s1. The van der Waals surface area contributed by atoms with Gasteiger partial charge in [0.25, 0.3) is 5.91 Å². The van der Waals surface area contributed by atoms with E-state index in [4.69, 9.17) is 0 Å². The van der Waals surface area contributed by atoms with E-state index in [1.807, 2.05) is 16.5 Å². The van der Waals surface area contributed by atoms with Crippen LogP contribution in [0.5, 0.6) is 0 Å². The Morgan fingerprint density at radius 1 is 1.22 bits per heavy atom. The van der Waals surface area contributed by atoms with Crippen LogP contribution in [-0.4, -0.2) is 45.9 Å². The summed E-state index contributed by atoms with van der Waals surface area (Å²) in [5.41, 5.74) is 2.27. The van der Waals surface area contributed by atoms with E-state index in [1.165, 1.54) is 35.1 Å². The first-order chi connectivity index (χ1) is 12.8. The lowest BCUT2D eigenvalue weighted by atomic mass is 9.92. The summed E-state index contributed by atoms with van der Waals surface area (Å²) in [7, 11) is 1.93. The number of hydrogen-bond acceptors (Lipinski definition) is 4. The van der Waals surface area contributed by atoms with Crippen LogP contribution in [-0.2, 0) is 16.6 Å². The second kappa shape index (κ2) is 8.61. The number of carbonyl (C=O) groups excluding carboxylic acids is 2. The number of thioether (sulfide) groups is 1. The number of carbonyl (C=O) groups is 2. The van der Waals surface area contributed by atoms with Crippen LogP contribution in [0.3, 0.4) is 0 Å². The molecule has 1 aliphatic rings. The van der Waals surface area contributed by atoms with Gasteiger partial charge in [-0.1, -0.05) is 31.3 Å². The number of benzene rings is 1.